The van der Waals surface area contributed by atoms with Crippen LogP contribution in [0.3, 0.4) is 0 Å². The van der Waals surface area contributed by atoms with E-state index in [0.29, 0.717) is 16.7 Å². The Bertz CT molecular complexity index is 616. The van der Waals surface area contributed by atoms with Gasteiger partial charge in [-0.05, 0) is 92.4 Å². The molecule has 3 aliphatic rings. The monoisotopic (exact) mass is 405 g/mol. The van der Waals surface area contributed by atoms with E-state index in [1.165, 1.54) is 33.1 Å². The lowest BCUT2D eigenvalue weighted by molar-refractivity contribution is -0.114. The first-order valence-electron chi connectivity index (χ1n) is 11.9. The zero-order valence-electron chi connectivity index (χ0n) is 20.8. The summed E-state index contributed by atoms with van der Waals surface area (Å²) in [5, 5.41) is 12.7. The normalized spacial score (nSPS) is 39.8. The average Bonchev–Trinajstić information content (AvgIpc) is 2.66. The Morgan fingerprint density at radius 1 is 1.17 bits per heavy atom. The molecular weight excluding hydrogens is 358 g/mol. The molecule has 2 saturated carbocycles. The molecular formula is C26H47NO2. The molecule has 0 aromatic carbocycles. The van der Waals surface area contributed by atoms with Crippen LogP contribution in [0.1, 0.15) is 101 Å². The predicted octanol–water partition coefficient (Wildman–Crippen LogP) is 7.53. The molecule has 0 spiro atoms. The van der Waals surface area contributed by atoms with E-state index in [0.717, 1.165) is 42.2 Å². The molecule has 0 aromatic rings. The number of Topliss-reactive ketones (excluding diaryl/α,β-unsaturated/α-hetero) is 1. The van der Waals surface area contributed by atoms with E-state index >= 15 is 0 Å². The summed E-state index contributed by atoms with van der Waals surface area (Å²) in [4.78, 5) is 9.44. The highest BCUT2D eigenvalue weighted by atomic mass is 16.4. The molecule has 1 N–H and O–H groups in total. The van der Waals surface area contributed by atoms with Gasteiger partial charge in [0.15, 0.2) is 0 Å². The van der Waals surface area contributed by atoms with Crippen molar-refractivity contribution < 1.29 is 10.0 Å². The third kappa shape index (κ3) is 5.14. The zero-order chi connectivity index (χ0) is 22.6. The Hall–Kier alpha value is -1.12. The fourth-order valence-electron chi connectivity index (χ4n) is 6.39. The number of hydrogen-bond donors (Lipinski definition) is 1. The van der Waals surface area contributed by atoms with E-state index in [4.69, 9.17) is 0 Å². The molecule has 4 unspecified atom stereocenters. The molecule has 3 rings (SSSR count). The molecule has 0 aromatic heterocycles. The molecule has 2 fully saturated rings. The van der Waals surface area contributed by atoms with Crippen molar-refractivity contribution in [2.45, 2.75) is 101 Å². The van der Waals surface area contributed by atoms with Crippen LogP contribution in [0.4, 0.5) is 0 Å². The third-order valence-electron chi connectivity index (χ3n) is 8.50. The number of oxime groups is 1. The van der Waals surface area contributed by atoms with Crippen molar-refractivity contribution in [3.05, 3.63) is 11.6 Å². The van der Waals surface area contributed by atoms with Gasteiger partial charge in [-0.25, -0.2) is 0 Å². The van der Waals surface area contributed by atoms with E-state index in [1.807, 2.05) is 13.8 Å². The molecule has 0 radical (unpaired) electrons. The Balaban J connectivity index is 0.000000627. The van der Waals surface area contributed by atoms with Crippen LogP contribution in [0.2, 0.25) is 0 Å². The molecule has 3 nitrogen and oxygen atoms in total. The maximum Gasteiger partial charge on any atom is 0.126 e. The fourth-order valence-corrected chi connectivity index (χ4v) is 6.39. The second-order valence-corrected chi connectivity index (χ2v) is 10.4. The Morgan fingerprint density at radius 2 is 1.72 bits per heavy atom. The Kier molecular flexibility index (Phi) is 9.17. The van der Waals surface area contributed by atoms with E-state index in [-0.39, 0.29) is 5.78 Å². The molecule has 0 aliphatic heterocycles. The standard InChI is InChI=1S/C21H35NO.C3H6O.C2H6/c1-13(2)20(5)10-8-18-17(15(20)4)11-14(3)19-12-16(22-23)7-9-21(18,19)6;1-3(2)4;1-2/h12-15,17-18,23H,7-11H2,1-6H3;1-2H3;1-2H3/b22-16+;;/t14-,15?,17?,18-,20?,21?;;/m0../s1. The second kappa shape index (κ2) is 10.3. The minimum atomic E-state index is 0.167. The van der Waals surface area contributed by atoms with E-state index in [2.05, 4.69) is 52.8 Å². The van der Waals surface area contributed by atoms with Crippen LogP contribution in [0.25, 0.3) is 0 Å². The first-order valence-corrected chi connectivity index (χ1v) is 11.9. The van der Waals surface area contributed by atoms with E-state index in [9.17, 15) is 10.0 Å². The van der Waals surface area contributed by atoms with Crippen LogP contribution in [-0.4, -0.2) is 16.7 Å². The molecule has 6 atom stereocenters. The van der Waals surface area contributed by atoms with Gasteiger partial charge in [-0.2, -0.15) is 0 Å². The molecule has 29 heavy (non-hydrogen) atoms. The largest absolute Gasteiger partial charge is 0.411 e. The van der Waals surface area contributed by atoms with Crippen LogP contribution in [0.5, 0.6) is 0 Å². The summed E-state index contributed by atoms with van der Waals surface area (Å²) in [6.07, 6.45) is 8.37. The van der Waals surface area contributed by atoms with Crippen LogP contribution < -0.4 is 0 Å². The number of fused-ring (bicyclic) bond motifs is 3. The van der Waals surface area contributed by atoms with Gasteiger partial charge in [0.05, 0.1) is 5.71 Å². The fraction of sp³-hybridized carbons (Fsp3) is 0.846. The third-order valence-corrected chi connectivity index (χ3v) is 8.50. The number of carbonyl (C=O) groups is 1. The highest BCUT2D eigenvalue weighted by Gasteiger charge is 2.55. The number of carbonyl (C=O) groups excluding carboxylic acids is 1. The summed E-state index contributed by atoms with van der Waals surface area (Å²) >= 11 is 0. The highest BCUT2D eigenvalue weighted by Crippen LogP contribution is 2.63. The van der Waals surface area contributed by atoms with Gasteiger partial charge in [0.2, 0.25) is 0 Å². The van der Waals surface area contributed by atoms with Gasteiger partial charge in [-0.15, -0.1) is 0 Å². The van der Waals surface area contributed by atoms with Gasteiger partial charge < -0.3 is 10.0 Å². The SMILES string of the molecule is CC.CC(C)=O.CC(C)C1(C)CC[C@H]2C(C[C@H](C)C3=C/C(=N/O)CCC32C)C1C. The van der Waals surface area contributed by atoms with Gasteiger partial charge in [0.25, 0.3) is 0 Å². The maximum atomic E-state index is 9.44. The molecule has 0 heterocycles. The first-order chi connectivity index (χ1) is 13.5. The van der Waals surface area contributed by atoms with Gasteiger partial charge in [0.1, 0.15) is 5.78 Å². The van der Waals surface area contributed by atoms with Crippen molar-refractivity contribution in [2.75, 3.05) is 0 Å². The predicted molar refractivity (Wildman–Crippen MR) is 124 cm³/mol. The zero-order valence-corrected chi connectivity index (χ0v) is 20.8. The van der Waals surface area contributed by atoms with Crippen LogP contribution in [0, 0.1) is 40.4 Å². The van der Waals surface area contributed by atoms with E-state index in [1.54, 1.807) is 5.57 Å². The van der Waals surface area contributed by atoms with Crippen LogP contribution in [0.15, 0.2) is 16.8 Å². The van der Waals surface area contributed by atoms with Crippen LogP contribution in [-0.2, 0) is 4.79 Å². The molecule has 168 valence electrons. The van der Waals surface area contributed by atoms with Gasteiger partial charge in [-0.1, -0.05) is 66.1 Å². The number of allylic oxidation sites excluding steroid dienone is 2. The number of ketones is 1. The molecule has 3 heteroatoms. The summed E-state index contributed by atoms with van der Waals surface area (Å²) < 4.78 is 0. The van der Waals surface area contributed by atoms with Crippen molar-refractivity contribution >= 4 is 11.5 Å². The smallest absolute Gasteiger partial charge is 0.126 e. The summed E-state index contributed by atoms with van der Waals surface area (Å²) in [5.41, 5.74) is 3.27. The van der Waals surface area contributed by atoms with Crippen molar-refractivity contribution in [1.29, 1.82) is 0 Å². The van der Waals surface area contributed by atoms with Gasteiger partial charge in [0, 0.05) is 0 Å². The quantitative estimate of drug-likeness (QED) is 0.362. The minimum Gasteiger partial charge on any atom is -0.411 e. The molecule has 0 bridgehead atoms. The van der Waals surface area contributed by atoms with Gasteiger partial charge >= 0.3 is 0 Å². The number of hydrogen-bond acceptors (Lipinski definition) is 3. The minimum absolute atomic E-state index is 0.167. The van der Waals surface area contributed by atoms with Crippen LogP contribution >= 0.6 is 0 Å². The maximum absolute atomic E-state index is 9.44. The molecule has 3 aliphatic carbocycles. The van der Waals surface area contributed by atoms with Crippen molar-refractivity contribution in [1.82, 2.24) is 0 Å². The second-order valence-electron chi connectivity index (χ2n) is 10.4. The summed E-state index contributed by atoms with van der Waals surface area (Å²) in [7, 11) is 0. The Labute approximate surface area is 180 Å². The lowest BCUT2D eigenvalue weighted by Crippen LogP contribution is -2.53. The van der Waals surface area contributed by atoms with E-state index < -0.39 is 0 Å². The van der Waals surface area contributed by atoms with Crippen molar-refractivity contribution in [2.24, 2.45) is 45.6 Å². The van der Waals surface area contributed by atoms with Gasteiger partial charge in [-0.3, -0.25) is 0 Å². The van der Waals surface area contributed by atoms with Crippen molar-refractivity contribution in [3.63, 3.8) is 0 Å². The number of rotatable bonds is 1. The highest BCUT2D eigenvalue weighted by molar-refractivity contribution is 5.96. The molecule has 0 saturated heterocycles. The lowest BCUT2D eigenvalue weighted by Gasteiger charge is -2.60. The average molecular weight is 406 g/mol. The summed E-state index contributed by atoms with van der Waals surface area (Å²) in [5.74, 6) is 4.01. The lowest BCUT2D eigenvalue weighted by atomic mass is 9.44. The molecule has 0 amide bonds. The van der Waals surface area contributed by atoms with Crippen molar-refractivity contribution in [3.8, 4) is 0 Å². The topological polar surface area (TPSA) is 49.7 Å². The summed E-state index contributed by atoms with van der Waals surface area (Å²) in [6.45, 7) is 21.9. The summed E-state index contributed by atoms with van der Waals surface area (Å²) in [6, 6.07) is 0. The Morgan fingerprint density at radius 3 is 2.21 bits per heavy atom. The first kappa shape index (κ1) is 25.9. The number of nitrogens with zero attached hydrogens (tertiary/aromatic N) is 1.